The van der Waals surface area contributed by atoms with Crippen LogP contribution in [0.2, 0.25) is 0 Å². The van der Waals surface area contributed by atoms with Crippen molar-refractivity contribution in [1.82, 2.24) is 5.48 Å². The molecule has 0 saturated carbocycles. The summed E-state index contributed by atoms with van der Waals surface area (Å²) >= 11 is 0. The molecule has 0 aromatic carbocycles. The van der Waals surface area contributed by atoms with Crippen molar-refractivity contribution in [3.63, 3.8) is 0 Å². The van der Waals surface area contributed by atoms with E-state index >= 15 is 0 Å². The molecule has 0 spiro atoms. The van der Waals surface area contributed by atoms with Crippen molar-refractivity contribution >= 4 is 5.91 Å². The third-order valence-electron chi connectivity index (χ3n) is 1.06. The van der Waals surface area contributed by atoms with E-state index in [0.29, 0.717) is 0 Å². The van der Waals surface area contributed by atoms with Crippen LogP contribution in [0.1, 0.15) is 19.8 Å². The molecular weight excluding hydrogens is 144 g/mol. The van der Waals surface area contributed by atoms with Gasteiger partial charge in [-0.2, -0.15) is 0 Å². The van der Waals surface area contributed by atoms with Gasteiger partial charge in [-0.25, -0.2) is 14.3 Å². The van der Waals surface area contributed by atoms with E-state index in [1.165, 1.54) is 6.92 Å². The zero-order chi connectivity index (χ0) is 8.20. The lowest BCUT2D eigenvalue weighted by Crippen LogP contribution is -2.27. The SMILES string of the molecule is CCC(F)(F)CC(=O)NO. The maximum atomic E-state index is 12.2. The number of carbonyl (C=O) groups is 1. The third-order valence-corrected chi connectivity index (χ3v) is 1.06. The van der Waals surface area contributed by atoms with E-state index in [4.69, 9.17) is 5.21 Å². The van der Waals surface area contributed by atoms with E-state index in [-0.39, 0.29) is 0 Å². The topological polar surface area (TPSA) is 49.3 Å². The molecule has 0 rings (SSSR count). The highest BCUT2D eigenvalue weighted by molar-refractivity contribution is 5.75. The van der Waals surface area contributed by atoms with Crippen LogP contribution in [-0.2, 0) is 4.79 Å². The normalized spacial score (nSPS) is 11.2. The van der Waals surface area contributed by atoms with Crippen LogP contribution in [0.25, 0.3) is 0 Å². The first-order valence-electron chi connectivity index (χ1n) is 2.82. The summed E-state index contributed by atoms with van der Waals surface area (Å²) < 4.78 is 24.4. The number of halogens is 2. The van der Waals surface area contributed by atoms with Crippen molar-refractivity contribution in [3.05, 3.63) is 0 Å². The van der Waals surface area contributed by atoms with Gasteiger partial charge < -0.3 is 0 Å². The zero-order valence-corrected chi connectivity index (χ0v) is 5.53. The Morgan fingerprint density at radius 1 is 1.70 bits per heavy atom. The maximum Gasteiger partial charge on any atom is 0.256 e. The van der Waals surface area contributed by atoms with Gasteiger partial charge in [0.05, 0.1) is 6.42 Å². The standard InChI is InChI=1S/C5H9F2NO2/c1-2-5(6,7)3-4(9)8-10/h10H,2-3H2,1H3,(H,8,9). The fourth-order valence-electron chi connectivity index (χ4n) is 0.399. The molecular formula is C5H9F2NO2. The Labute approximate surface area is 57.0 Å². The molecule has 0 aliphatic carbocycles. The van der Waals surface area contributed by atoms with Crippen LogP contribution in [0.4, 0.5) is 8.78 Å². The highest BCUT2D eigenvalue weighted by Gasteiger charge is 2.29. The molecule has 0 atom stereocenters. The fraction of sp³-hybridized carbons (Fsp3) is 0.800. The Balaban J connectivity index is 3.76. The summed E-state index contributed by atoms with van der Waals surface area (Å²) in [6.07, 6.45) is -1.36. The van der Waals surface area contributed by atoms with Crippen LogP contribution in [0, 0.1) is 0 Å². The number of alkyl halides is 2. The Morgan fingerprint density at radius 2 is 2.20 bits per heavy atom. The van der Waals surface area contributed by atoms with Gasteiger partial charge in [0.15, 0.2) is 0 Å². The summed E-state index contributed by atoms with van der Waals surface area (Å²) in [5.74, 6) is -4.07. The Kier molecular flexibility index (Phi) is 3.21. The van der Waals surface area contributed by atoms with Gasteiger partial charge in [-0.3, -0.25) is 10.0 Å². The predicted molar refractivity (Wildman–Crippen MR) is 29.8 cm³/mol. The second-order valence-electron chi connectivity index (χ2n) is 1.92. The number of carbonyl (C=O) groups excluding carboxylic acids is 1. The molecule has 0 saturated heterocycles. The van der Waals surface area contributed by atoms with Crippen LogP contribution >= 0.6 is 0 Å². The van der Waals surface area contributed by atoms with Crippen molar-refractivity contribution < 1.29 is 18.8 Å². The van der Waals surface area contributed by atoms with Gasteiger partial charge in [0.2, 0.25) is 5.91 Å². The summed E-state index contributed by atoms with van der Waals surface area (Å²) in [7, 11) is 0. The molecule has 0 aromatic rings. The van der Waals surface area contributed by atoms with Gasteiger partial charge in [0, 0.05) is 6.42 Å². The van der Waals surface area contributed by atoms with E-state index in [9.17, 15) is 13.6 Å². The Morgan fingerprint density at radius 3 is 2.50 bits per heavy atom. The number of hydroxylamine groups is 1. The molecule has 60 valence electrons. The summed E-state index contributed by atoms with van der Waals surface area (Å²) in [6, 6.07) is 0. The highest BCUT2D eigenvalue weighted by Crippen LogP contribution is 2.21. The van der Waals surface area contributed by atoms with Gasteiger partial charge in [0.25, 0.3) is 5.92 Å². The van der Waals surface area contributed by atoms with Crippen molar-refractivity contribution in [3.8, 4) is 0 Å². The first kappa shape index (κ1) is 9.29. The lowest BCUT2D eigenvalue weighted by Gasteiger charge is -2.10. The molecule has 0 aliphatic heterocycles. The molecule has 2 N–H and O–H groups in total. The van der Waals surface area contributed by atoms with Gasteiger partial charge in [-0.05, 0) is 0 Å². The van der Waals surface area contributed by atoms with Crippen LogP contribution in [0.5, 0.6) is 0 Å². The lowest BCUT2D eigenvalue weighted by atomic mass is 10.2. The van der Waals surface area contributed by atoms with Gasteiger partial charge >= 0.3 is 0 Å². The molecule has 0 bridgehead atoms. The lowest BCUT2D eigenvalue weighted by molar-refractivity contribution is -0.136. The summed E-state index contributed by atoms with van der Waals surface area (Å²) in [5, 5.41) is 7.86. The van der Waals surface area contributed by atoms with Crippen molar-refractivity contribution in [2.45, 2.75) is 25.7 Å². The minimum Gasteiger partial charge on any atom is -0.289 e. The number of nitrogens with one attached hydrogen (secondary N) is 1. The van der Waals surface area contributed by atoms with E-state index in [1.54, 1.807) is 0 Å². The Bertz CT molecular complexity index is 127. The van der Waals surface area contributed by atoms with Gasteiger partial charge in [0.1, 0.15) is 0 Å². The minimum atomic E-state index is -3.01. The quantitative estimate of drug-likeness (QED) is 0.468. The van der Waals surface area contributed by atoms with E-state index in [0.717, 1.165) is 5.48 Å². The predicted octanol–water partition coefficient (Wildman–Crippen LogP) is 0.927. The second-order valence-corrected chi connectivity index (χ2v) is 1.92. The highest BCUT2D eigenvalue weighted by atomic mass is 19.3. The molecule has 1 amide bonds. The summed E-state index contributed by atoms with van der Waals surface area (Å²) in [5.41, 5.74) is 1.14. The molecule has 0 radical (unpaired) electrons. The van der Waals surface area contributed by atoms with E-state index < -0.39 is 24.7 Å². The van der Waals surface area contributed by atoms with Crippen LogP contribution in [0.15, 0.2) is 0 Å². The van der Waals surface area contributed by atoms with Gasteiger partial charge in [-0.15, -0.1) is 0 Å². The number of amides is 1. The number of hydrogen-bond acceptors (Lipinski definition) is 2. The second kappa shape index (κ2) is 3.46. The van der Waals surface area contributed by atoms with E-state index in [1.807, 2.05) is 0 Å². The van der Waals surface area contributed by atoms with Crippen molar-refractivity contribution in [2.75, 3.05) is 0 Å². The van der Waals surface area contributed by atoms with Crippen LogP contribution < -0.4 is 5.48 Å². The Hall–Kier alpha value is -0.710. The molecule has 0 unspecified atom stereocenters. The largest absolute Gasteiger partial charge is 0.289 e. The van der Waals surface area contributed by atoms with Crippen molar-refractivity contribution in [1.29, 1.82) is 0 Å². The van der Waals surface area contributed by atoms with Gasteiger partial charge in [-0.1, -0.05) is 6.92 Å². The van der Waals surface area contributed by atoms with E-state index in [2.05, 4.69) is 0 Å². The molecule has 10 heavy (non-hydrogen) atoms. The fourth-order valence-corrected chi connectivity index (χ4v) is 0.399. The number of hydrogen-bond donors (Lipinski definition) is 2. The zero-order valence-electron chi connectivity index (χ0n) is 5.53. The minimum absolute atomic E-state index is 0.402. The summed E-state index contributed by atoms with van der Waals surface area (Å²) in [4.78, 5) is 10.1. The molecule has 3 nitrogen and oxygen atoms in total. The van der Waals surface area contributed by atoms with Crippen molar-refractivity contribution in [2.24, 2.45) is 0 Å². The molecule has 0 aliphatic rings. The average molecular weight is 153 g/mol. The number of rotatable bonds is 3. The molecule has 0 fully saturated rings. The smallest absolute Gasteiger partial charge is 0.256 e. The van der Waals surface area contributed by atoms with Crippen LogP contribution in [-0.4, -0.2) is 17.0 Å². The first-order chi connectivity index (χ1) is 4.52. The summed E-state index contributed by atoms with van der Waals surface area (Å²) in [6.45, 7) is 1.27. The van der Waals surface area contributed by atoms with Crippen LogP contribution in [0.3, 0.4) is 0 Å². The molecule has 0 heterocycles. The first-order valence-corrected chi connectivity index (χ1v) is 2.82. The third kappa shape index (κ3) is 3.34. The monoisotopic (exact) mass is 153 g/mol. The molecule has 0 aromatic heterocycles. The average Bonchev–Trinajstić information content (AvgIpc) is 1.87. The maximum absolute atomic E-state index is 12.2. The molecule has 5 heteroatoms.